The maximum Gasteiger partial charge on any atom is 0.234 e. The van der Waals surface area contributed by atoms with Crippen LogP contribution < -0.4 is 0 Å². The zero-order valence-corrected chi connectivity index (χ0v) is 8.40. The summed E-state index contributed by atoms with van der Waals surface area (Å²) in [7, 11) is 0. The predicted octanol–water partition coefficient (Wildman–Crippen LogP) is 1.16. The van der Waals surface area contributed by atoms with Gasteiger partial charge in [-0.25, -0.2) is 40.6 Å². The monoisotopic (exact) mass is 238 g/mol. The maximum absolute atomic E-state index is 8.67. The molecule has 94 valence electrons. The molecule has 0 bridgehead atoms. The molecule has 2 aliphatic carbocycles. The standard InChI is InChI=1S/C8H14O8/c9-13-7(14-10)1-5-2-8(15-11,16-12)4-6(5)3-7/h5-6,9-12H,1-4H2. The molecule has 0 aromatic rings. The van der Waals surface area contributed by atoms with E-state index in [1.54, 1.807) is 0 Å². The molecule has 16 heavy (non-hydrogen) atoms. The van der Waals surface area contributed by atoms with Gasteiger partial charge in [-0.2, -0.15) is 0 Å². The third-order valence-electron chi connectivity index (χ3n) is 3.62. The molecular weight excluding hydrogens is 224 g/mol. The van der Waals surface area contributed by atoms with Gasteiger partial charge in [0, 0.05) is 25.7 Å². The summed E-state index contributed by atoms with van der Waals surface area (Å²) in [6.45, 7) is 0. The molecule has 4 N–H and O–H groups in total. The first kappa shape index (κ1) is 12.1. The molecule has 0 saturated heterocycles. The molecule has 8 heteroatoms. The molecule has 0 amide bonds. The molecule has 2 rings (SSSR count). The molecule has 0 aromatic carbocycles. The van der Waals surface area contributed by atoms with Crippen LogP contribution >= 0.6 is 0 Å². The molecule has 0 spiro atoms. The summed E-state index contributed by atoms with van der Waals surface area (Å²) in [5, 5.41) is 34.7. The second-order valence-corrected chi connectivity index (χ2v) is 4.52. The van der Waals surface area contributed by atoms with Crippen LogP contribution in [0.2, 0.25) is 0 Å². The van der Waals surface area contributed by atoms with Crippen molar-refractivity contribution in [2.45, 2.75) is 37.3 Å². The topological polar surface area (TPSA) is 118 Å². The molecule has 2 fully saturated rings. The van der Waals surface area contributed by atoms with Crippen molar-refractivity contribution in [3.63, 3.8) is 0 Å². The average Bonchev–Trinajstić information content (AvgIpc) is 2.82. The van der Waals surface area contributed by atoms with E-state index >= 15 is 0 Å². The number of hydrogen-bond acceptors (Lipinski definition) is 8. The van der Waals surface area contributed by atoms with Gasteiger partial charge in [0.25, 0.3) is 0 Å². The van der Waals surface area contributed by atoms with Gasteiger partial charge >= 0.3 is 0 Å². The zero-order chi connectivity index (χ0) is 11.8. The largest absolute Gasteiger partial charge is 0.249 e. The average molecular weight is 238 g/mol. The van der Waals surface area contributed by atoms with Gasteiger partial charge in [-0.15, -0.1) is 0 Å². The highest BCUT2D eigenvalue weighted by Crippen LogP contribution is 2.54. The summed E-state index contributed by atoms with van der Waals surface area (Å²) < 4.78 is 0. The van der Waals surface area contributed by atoms with Gasteiger partial charge in [0.15, 0.2) is 0 Å². The minimum atomic E-state index is -1.42. The maximum atomic E-state index is 8.67. The highest BCUT2D eigenvalue weighted by Gasteiger charge is 2.58. The van der Waals surface area contributed by atoms with Crippen LogP contribution in [0.4, 0.5) is 0 Å². The minimum absolute atomic E-state index is 0.0569. The van der Waals surface area contributed by atoms with Gasteiger partial charge in [0.2, 0.25) is 11.6 Å². The Labute approximate surface area is 90.6 Å². The Balaban J connectivity index is 2.05. The van der Waals surface area contributed by atoms with Gasteiger partial charge in [-0.1, -0.05) is 0 Å². The predicted molar refractivity (Wildman–Crippen MR) is 45.8 cm³/mol. The quantitative estimate of drug-likeness (QED) is 0.327. The van der Waals surface area contributed by atoms with E-state index in [1.807, 2.05) is 0 Å². The molecule has 0 radical (unpaired) electrons. The van der Waals surface area contributed by atoms with Crippen molar-refractivity contribution in [1.82, 2.24) is 0 Å². The highest BCUT2D eigenvalue weighted by molar-refractivity contribution is 4.98. The van der Waals surface area contributed by atoms with E-state index in [0.717, 1.165) is 0 Å². The van der Waals surface area contributed by atoms with Crippen LogP contribution in [0.1, 0.15) is 25.7 Å². The van der Waals surface area contributed by atoms with Crippen molar-refractivity contribution < 1.29 is 40.6 Å². The van der Waals surface area contributed by atoms with E-state index in [9.17, 15) is 0 Å². The molecule has 2 saturated carbocycles. The van der Waals surface area contributed by atoms with Gasteiger partial charge in [0.1, 0.15) is 0 Å². The van der Waals surface area contributed by atoms with Crippen LogP contribution in [0.3, 0.4) is 0 Å². The molecule has 0 heterocycles. The van der Waals surface area contributed by atoms with Crippen molar-refractivity contribution in [3.8, 4) is 0 Å². The highest BCUT2D eigenvalue weighted by atomic mass is 17.2. The lowest BCUT2D eigenvalue weighted by molar-refractivity contribution is -0.496. The van der Waals surface area contributed by atoms with Crippen molar-refractivity contribution in [3.05, 3.63) is 0 Å². The summed E-state index contributed by atoms with van der Waals surface area (Å²) in [6.07, 6.45) is 0.885. The molecule has 2 aliphatic rings. The van der Waals surface area contributed by atoms with Crippen LogP contribution in [-0.2, 0) is 19.6 Å². The van der Waals surface area contributed by atoms with Crippen LogP contribution in [0.5, 0.6) is 0 Å². The molecule has 0 atom stereocenters. The second kappa shape index (κ2) is 4.17. The third-order valence-corrected chi connectivity index (χ3v) is 3.62. The summed E-state index contributed by atoms with van der Waals surface area (Å²) in [6, 6.07) is 0. The fourth-order valence-electron chi connectivity index (χ4n) is 2.91. The zero-order valence-electron chi connectivity index (χ0n) is 8.40. The summed E-state index contributed by atoms with van der Waals surface area (Å²) in [5.74, 6) is -2.96. The first-order valence-electron chi connectivity index (χ1n) is 4.93. The summed E-state index contributed by atoms with van der Waals surface area (Å²) in [5.41, 5.74) is 0. The molecule has 0 unspecified atom stereocenters. The van der Waals surface area contributed by atoms with E-state index in [1.165, 1.54) is 0 Å². The van der Waals surface area contributed by atoms with E-state index in [2.05, 4.69) is 19.6 Å². The Hall–Kier alpha value is -0.320. The van der Waals surface area contributed by atoms with Crippen molar-refractivity contribution >= 4 is 0 Å². The van der Waals surface area contributed by atoms with Crippen molar-refractivity contribution in [2.75, 3.05) is 0 Å². The lowest BCUT2D eigenvalue weighted by atomic mass is 10.0. The van der Waals surface area contributed by atoms with Crippen LogP contribution in [-0.4, -0.2) is 32.6 Å². The first-order valence-corrected chi connectivity index (χ1v) is 4.93. The van der Waals surface area contributed by atoms with Gasteiger partial charge in [-0.3, -0.25) is 0 Å². The Bertz CT molecular complexity index is 206. The Morgan fingerprint density at radius 2 is 0.875 bits per heavy atom. The Morgan fingerprint density at radius 1 is 0.625 bits per heavy atom. The molecular formula is C8H14O8. The number of fused-ring (bicyclic) bond motifs is 1. The van der Waals surface area contributed by atoms with Crippen LogP contribution in [0.25, 0.3) is 0 Å². The van der Waals surface area contributed by atoms with E-state index < -0.39 is 11.6 Å². The molecule has 8 nitrogen and oxygen atoms in total. The lowest BCUT2D eigenvalue weighted by Crippen LogP contribution is -2.36. The van der Waals surface area contributed by atoms with E-state index in [-0.39, 0.29) is 37.5 Å². The fraction of sp³-hybridized carbons (Fsp3) is 1.00. The minimum Gasteiger partial charge on any atom is -0.249 e. The number of rotatable bonds is 4. The van der Waals surface area contributed by atoms with Crippen LogP contribution in [0.15, 0.2) is 0 Å². The summed E-state index contributed by atoms with van der Waals surface area (Å²) >= 11 is 0. The van der Waals surface area contributed by atoms with E-state index in [4.69, 9.17) is 21.0 Å². The van der Waals surface area contributed by atoms with Gasteiger partial charge < -0.3 is 0 Å². The van der Waals surface area contributed by atoms with Crippen molar-refractivity contribution in [2.24, 2.45) is 11.8 Å². The lowest BCUT2D eigenvalue weighted by Gasteiger charge is -2.26. The van der Waals surface area contributed by atoms with Gasteiger partial charge in [0.05, 0.1) is 0 Å². The van der Waals surface area contributed by atoms with Crippen molar-refractivity contribution in [1.29, 1.82) is 0 Å². The van der Waals surface area contributed by atoms with Gasteiger partial charge in [-0.05, 0) is 11.8 Å². The van der Waals surface area contributed by atoms with Crippen LogP contribution in [0, 0.1) is 11.8 Å². The Kier molecular flexibility index (Phi) is 3.16. The fourth-order valence-corrected chi connectivity index (χ4v) is 2.91. The summed E-state index contributed by atoms with van der Waals surface area (Å²) in [4.78, 5) is 16.6. The second-order valence-electron chi connectivity index (χ2n) is 4.52. The molecule has 0 aliphatic heterocycles. The smallest absolute Gasteiger partial charge is 0.234 e. The normalized spacial score (nSPS) is 35.2. The van der Waals surface area contributed by atoms with E-state index in [0.29, 0.717) is 0 Å². The Morgan fingerprint density at radius 3 is 1.06 bits per heavy atom. The SMILES string of the molecule is OOC1(OO)CC2CC(OO)(OO)CC2C1. The first-order chi connectivity index (χ1) is 7.62. The number of hydrogen-bond donors (Lipinski definition) is 4. The third kappa shape index (κ3) is 1.73. The molecule has 0 aromatic heterocycles.